The second-order valence-corrected chi connectivity index (χ2v) is 10.00. The minimum Gasteiger partial charge on any atom is -0.494 e. The molecule has 0 saturated carbocycles. The van der Waals surface area contributed by atoms with E-state index in [1.54, 1.807) is 46.8 Å². The van der Waals surface area contributed by atoms with Gasteiger partial charge in [0.1, 0.15) is 5.60 Å². The fraction of sp³-hybridized carbons (Fsp3) is 0.462. The fourth-order valence-electron chi connectivity index (χ4n) is 3.68. The van der Waals surface area contributed by atoms with E-state index in [4.69, 9.17) is 9.47 Å². The molecule has 0 aliphatic heterocycles. The Bertz CT molecular complexity index is 1160. The van der Waals surface area contributed by atoms with Gasteiger partial charge < -0.3 is 30.3 Å². The van der Waals surface area contributed by atoms with Crippen LogP contribution in [0.5, 0.6) is 11.8 Å². The average molecular weight is 518 g/mol. The number of carbonyl (C=O) groups excluding carboxylic acids is 4. The molecule has 1 heterocycles. The van der Waals surface area contributed by atoms with Crippen molar-refractivity contribution in [3.63, 3.8) is 0 Å². The van der Waals surface area contributed by atoms with Crippen LogP contribution >= 0.6 is 0 Å². The summed E-state index contributed by atoms with van der Waals surface area (Å²) in [5, 5.41) is 25.2. The zero-order valence-electron chi connectivity index (χ0n) is 22.1. The summed E-state index contributed by atoms with van der Waals surface area (Å²) in [6.07, 6.45) is -1.06. The number of benzene rings is 1. The molecule has 1 aromatic carbocycles. The summed E-state index contributed by atoms with van der Waals surface area (Å²) in [5.41, 5.74) is -0.0792. The minimum atomic E-state index is -1.03. The van der Waals surface area contributed by atoms with Gasteiger partial charge in [0.05, 0.1) is 36.7 Å². The SMILES string of the molecule is COC(=O)c1cccc(C(CC(=O)N[C@H](C(=O)c2c(O)[nH]c(O)c2C)C(C)C)NC(=O)OC(C)(C)C)c1. The summed E-state index contributed by atoms with van der Waals surface area (Å²) in [4.78, 5) is 53.1. The van der Waals surface area contributed by atoms with Gasteiger partial charge >= 0.3 is 12.1 Å². The topological polar surface area (TPSA) is 167 Å². The second kappa shape index (κ2) is 11.8. The van der Waals surface area contributed by atoms with Gasteiger partial charge in [-0.05, 0) is 51.3 Å². The summed E-state index contributed by atoms with van der Waals surface area (Å²) >= 11 is 0. The number of nitrogens with one attached hydrogen (secondary N) is 3. The molecule has 2 rings (SSSR count). The smallest absolute Gasteiger partial charge is 0.408 e. The number of amides is 2. The maximum Gasteiger partial charge on any atom is 0.408 e. The summed E-state index contributed by atoms with van der Waals surface area (Å²) in [6.45, 7) is 9.99. The highest BCUT2D eigenvalue weighted by molar-refractivity contribution is 6.05. The summed E-state index contributed by atoms with van der Waals surface area (Å²) in [5.74, 6) is -2.96. The lowest BCUT2D eigenvalue weighted by molar-refractivity contribution is -0.122. The van der Waals surface area contributed by atoms with E-state index in [0.717, 1.165) is 0 Å². The molecule has 11 heteroatoms. The predicted molar refractivity (Wildman–Crippen MR) is 134 cm³/mol. The second-order valence-electron chi connectivity index (χ2n) is 10.00. The largest absolute Gasteiger partial charge is 0.494 e. The van der Waals surface area contributed by atoms with E-state index in [0.29, 0.717) is 5.56 Å². The van der Waals surface area contributed by atoms with Crippen LogP contribution in [0.1, 0.15) is 78.9 Å². The van der Waals surface area contributed by atoms with E-state index < -0.39 is 47.3 Å². The molecule has 1 aromatic heterocycles. The summed E-state index contributed by atoms with van der Waals surface area (Å²) in [6, 6.07) is 4.32. The van der Waals surface area contributed by atoms with Crippen molar-refractivity contribution < 1.29 is 38.9 Å². The van der Waals surface area contributed by atoms with E-state index >= 15 is 0 Å². The van der Waals surface area contributed by atoms with Gasteiger partial charge in [0.2, 0.25) is 11.8 Å². The Kier molecular flexibility index (Phi) is 9.32. The van der Waals surface area contributed by atoms with Crippen LogP contribution in [-0.2, 0) is 14.3 Å². The number of hydrogen-bond acceptors (Lipinski definition) is 8. The van der Waals surface area contributed by atoms with E-state index in [-0.39, 0.29) is 34.9 Å². The number of Topliss-reactive ketones (excluding diaryl/α,β-unsaturated/α-hetero) is 1. The lowest BCUT2D eigenvalue weighted by Crippen LogP contribution is -2.46. The molecule has 5 N–H and O–H groups in total. The number of alkyl carbamates (subject to hydrolysis) is 1. The monoisotopic (exact) mass is 517 g/mol. The number of rotatable bonds is 9. The molecule has 0 bridgehead atoms. The highest BCUT2D eigenvalue weighted by Crippen LogP contribution is 2.30. The Balaban J connectivity index is 2.32. The number of ether oxygens (including phenoxy) is 2. The third-order valence-electron chi connectivity index (χ3n) is 5.51. The predicted octanol–water partition coefficient (Wildman–Crippen LogP) is 3.50. The Labute approximate surface area is 215 Å². The van der Waals surface area contributed by atoms with Crippen molar-refractivity contribution in [3.8, 4) is 11.8 Å². The highest BCUT2D eigenvalue weighted by Gasteiger charge is 2.32. The van der Waals surface area contributed by atoms with Crippen molar-refractivity contribution in [1.82, 2.24) is 15.6 Å². The lowest BCUT2D eigenvalue weighted by Gasteiger charge is -2.25. The number of carbonyl (C=O) groups is 4. The Hall–Kier alpha value is -4.02. The number of aromatic hydroxyl groups is 2. The molecule has 2 amide bonds. The van der Waals surface area contributed by atoms with Crippen LogP contribution < -0.4 is 10.6 Å². The van der Waals surface area contributed by atoms with E-state index in [2.05, 4.69) is 15.6 Å². The van der Waals surface area contributed by atoms with Crippen molar-refractivity contribution in [1.29, 1.82) is 0 Å². The molecule has 0 saturated heterocycles. The number of aromatic nitrogens is 1. The number of H-pyrrole nitrogens is 1. The molecule has 2 atom stereocenters. The van der Waals surface area contributed by atoms with Gasteiger partial charge in [-0.2, -0.15) is 0 Å². The van der Waals surface area contributed by atoms with E-state index in [1.165, 1.54) is 26.2 Å². The minimum absolute atomic E-state index is 0.120. The standard InChI is InChI=1S/C26H35N3O8/c1-13(2)20(21(31)19-14(3)22(32)29-23(19)33)28-18(30)12-17(27-25(35)37-26(4,5)6)15-9-8-10-16(11-15)24(34)36-7/h8-11,13,17,20,29,32-33H,12H2,1-7H3,(H,27,35)(H,28,30)/t17?,20-/m0/s1. The first-order valence-electron chi connectivity index (χ1n) is 11.8. The highest BCUT2D eigenvalue weighted by atomic mass is 16.6. The van der Waals surface area contributed by atoms with Crippen molar-refractivity contribution in [2.45, 2.75) is 65.6 Å². The first-order chi connectivity index (χ1) is 17.1. The van der Waals surface area contributed by atoms with Gasteiger partial charge in [-0.3, -0.25) is 14.6 Å². The van der Waals surface area contributed by atoms with Crippen LogP contribution in [0, 0.1) is 12.8 Å². The number of methoxy groups -OCH3 is 1. The summed E-state index contributed by atoms with van der Waals surface area (Å²) in [7, 11) is 1.24. The molecule has 0 fully saturated rings. The molecule has 202 valence electrons. The van der Waals surface area contributed by atoms with Crippen LogP contribution in [0.2, 0.25) is 0 Å². The van der Waals surface area contributed by atoms with Crippen LogP contribution in [0.15, 0.2) is 24.3 Å². The van der Waals surface area contributed by atoms with Crippen LogP contribution in [-0.4, -0.2) is 57.7 Å². The first-order valence-corrected chi connectivity index (χ1v) is 11.8. The molecule has 0 aliphatic rings. The van der Waals surface area contributed by atoms with Gasteiger partial charge in [0, 0.05) is 5.56 Å². The van der Waals surface area contributed by atoms with Crippen molar-refractivity contribution >= 4 is 23.8 Å². The maximum atomic E-state index is 13.2. The van der Waals surface area contributed by atoms with Crippen molar-refractivity contribution in [2.24, 2.45) is 5.92 Å². The van der Waals surface area contributed by atoms with Gasteiger partial charge in [-0.15, -0.1) is 0 Å². The first kappa shape index (κ1) is 29.2. The molecule has 0 aliphatic carbocycles. The Morgan fingerprint density at radius 2 is 1.70 bits per heavy atom. The van der Waals surface area contributed by atoms with Crippen molar-refractivity contribution in [3.05, 3.63) is 46.5 Å². The fourth-order valence-corrected chi connectivity index (χ4v) is 3.68. The van der Waals surface area contributed by atoms with Crippen molar-refractivity contribution in [2.75, 3.05) is 7.11 Å². The maximum absolute atomic E-state index is 13.2. The molecule has 0 radical (unpaired) electrons. The average Bonchev–Trinajstić information content (AvgIpc) is 3.05. The Morgan fingerprint density at radius 1 is 1.05 bits per heavy atom. The quantitative estimate of drug-likeness (QED) is 0.249. The van der Waals surface area contributed by atoms with Gasteiger partial charge in [0.25, 0.3) is 0 Å². The van der Waals surface area contributed by atoms with Crippen LogP contribution in [0.3, 0.4) is 0 Å². The molecule has 11 nitrogen and oxygen atoms in total. The summed E-state index contributed by atoms with van der Waals surface area (Å²) < 4.78 is 10.1. The lowest BCUT2D eigenvalue weighted by atomic mass is 9.93. The third-order valence-corrected chi connectivity index (χ3v) is 5.51. The Morgan fingerprint density at radius 3 is 2.22 bits per heavy atom. The number of esters is 1. The van der Waals surface area contributed by atoms with Crippen LogP contribution in [0.4, 0.5) is 4.79 Å². The van der Waals surface area contributed by atoms with E-state index in [9.17, 15) is 29.4 Å². The zero-order valence-corrected chi connectivity index (χ0v) is 22.1. The molecular weight excluding hydrogens is 482 g/mol. The van der Waals surface area contributed by atoms with E-state index in [1.807, 2.05) is 0 Å². The van der Waals surface area contributed by atoms with Crippen LogP contribution in [0.25, 0.3) is 0 Å². The normalized spacial score (nSPS) is 13.0. The zero-order chi connectivity index (χ0) is 28.1. The number of ketones is 1. The number of hydrogen-bond donors (Lipinski definition) is 5. The third kappa shape index (κ3) is 7.73. The van der Waals surface area contributed by atoms with Gasteiger partial charge in [0.15, 0.2) is 11.7 Å². The number of aromatic amines is 1. The molecule has 37 heavy (non-hydrogen) atoms. The molecule has 1 unspecified atom stereocenters. The van der Waals surface area contributed by atoms with Gasteiger partial charge in [-0.1, -0.05) is 26.0 Å². The molecule has 0 spiro atoms. The van der Waals surface area contributed by atoms with Gasteiger partial charge in [-0.25, -0.2) is 9.59 Å². The molecule has 2 aromatic rings. The molecular formula is C26H35N3O8.